The van der Waals surface area contributed by atoms with E-state index in [0.29, 0.717) is 5.56 Å². The van der Waals surface area contributed by atoms with Crippen molar-refractivity contribution in [3.8, 4) is 6.07 Å². The topological polar surface area (TPSA) is 23.8 Å². The summed E-state index contributed by atoms with van der Waals surface area (Å²) in [5.41, 5.74) is -1.03. The molecule has 0 saturated carbocycles. The average molecular weight is 227 g/mol. The first-order valence-corrected chi connectivity index (χ1v) is 4.78. The number of benzene rings is 1. The molecule has 4 heteroatoms. The molecule has 0 fully saturated rings. The van der Waals surface area contributed by atoms with E-state index in [1.54, 1.807) is 19.9 Å². The molecule has 0 aliphatic heterocycles. The quantitative estimate of drug-likeness (QED) is 0.715. The maximum atomic E-state index is 12.6. The van der Waals surface area contributed by atoms with Crippen LogP contribution in [-0.4, -0.2) is 0 Å². The molecule has 0 atom stereocenters. The number of hydrogen-bond acceptors (Lipinski definition) is 1. The van der Waals surface area contributed by atoms with E-state index in [0.717, 1.165) is 6.07 Å². The standard InChI is InChI=1S/C12H12F3N/c1-8-4-5-9(11(2,3)7-16)6-10(8)12(13,14)15/h4-6H,1-3H3. The number of halogens is 3. The third kappa shape index (κ3) is 2.35. The van der Waals surface area contributed by atoms with Crippen LogP contribution in [0.15, 0.2) is 18.2 Å². The lowest BCUT2D eigenvalue weighted by molar-refractivity contribution is -0.138. The molecule has 0 aromatic heterocycles. The van der Waals surface area contributed by atoms with Crippen LogP contribution in [0.3, 0.4) is 0 Å². The molecule has 1 nitrogen and oxygen atoms in total. The summed E-state index contributed by atoms with van der Waals surface area (Å²) in [6.45, 7) is 4.60. The maximum absolute atomic E-state index is 12.6. The van der Waals surface area contributed by atoms with Crippen LogP contribution in [-0.2, 0) is 11.6 Å². The molecule has 0 amide bonds. The van der Waals surface area contributed by atoms with E-state index in [1.807, 2.05) is 6.07 Å². The molecule has 16 heavy (non-hydrogen) atoms. The van der Waals surface area contributed by atoms with Crippen molar-refractivity contribution >= 4 is 0 Å². The van der Waals surface area contributed by atoms with Crippen molar-refractivity contribution in [3.63, 3.8) is 0 Å². The second-order valence-electron chi connectivity index (χ2n) is 4.26. The highest BCUT2D eigenvalue weighted by atomic mass is 19.4. The summed E-state index contributed by atoms with van der Waals surface area (Å²) >= 11 is 0. The van der Waals surface area contributed by atoms with Crippen molar-refractivity contribution in [2.75, 3.05) is 0 Å². The van der Waals surface area contributed by atoms with Gasteiger partial charge in [0.25, 0.3) is 0 Å². The van der Waals surface area contributed by atoms with Gasteiger partial charge in [-0.1, -0.05) is 12.1 Å². The Morgan fingerprint density at radius 3 is 2.19 bits per heavy atom. The second-order valence-corrected chi connectivity index (χ2v) is 4.26. The summed E-state index contributed by atoms with van der Waals surface area (Å²) in [6.07, 6.45) is -4.37. The lowest BCUT2D eigenvalue weighted by Crippen LogP contribution is -2.16. The van der Waals surface area contributed by atoms with Gasteiger partial charge in [0.05, 0.1) is 17.0 Å². The van der Waals surface area contributed by atoms with Crippen LogP contribution in [0.5, 0.6) is 0 Å². The number of nitriles is 1. The van der Waals surface area contributed by atoms with Gasteiger partial charge in [-0.2, -0.15) is 18.4 Å². The van der Waals surface area contributed by atoms with Gasteiger partial charge in [-0.05, 0) is 38.0 Å². The molecule has 1 rings (SSSR count). The summed E-state index contributed by atoms with van der Waals surface area (Å²) in [4.78, 5) is 0. The normalized spacial score (nSPS) is 12.3. The van der Waals surface area contributed by atoms with Gasteiger partial charge < -0.3 is 0 Å². The van der Waals surface area contributed by atoms with Crippen LogP contribution in [0.2, 0.25) is 0 Å². The molecule has 0 heterocycles. The monoisotopic (exact) mass is 227 g/mol. The molecule has 0 bridgehead atoms. The Hall–Kier alpha value is -1.50. The molecule has 1 aromatic rings. The fraction of sp³-hybridized carbons (Fsp3) is 0.417. The first-order chi connectivity index (χ1) is 7.18. The van der Waals surface area contributed by atoms with Crippen molar-refractivity contribution in [2.24, 2.45) is 0 Å². The summed E-state index contributed by atoms with van der Waals surface area (Å²) in [5, 5.41) is 8.88. The molecule has 86 valence electrons. The lowest BCUT2D eigenvalue weighted by atomic mass is 9.84. The Morgan fingerprint density at radius 2 is 1.75 bits per heavy atom. The predicted molar refractivity (Wildman–Crippen MR) is 54.8 cm³/mol. The fourth-order valence-electron chi connectivity index (χ4n) is 1.38. The number of nitrogens with zero attached hydrogens (tertiary/aromatic N) is 1. The Balaban J connectivity index is 3.36. The van der Waals surface area contributed by atoms with Gasteiger partial charge in [-0.3, -0.25) is 0 Å². The van der Waals surface area contributed by atoms with Crippen molar-refractivity contribution in [1.82, 2.24) is 0 Å². The molecule has 0 spiro atoms. The van der Waals surface area contributed by atoms with Crippen LogP contribution >= 0.6 is 0 Å². The fourth-order valence-corrected chi connectivity index (χ4v) is 1.38. The van der Waals surface area contributed by atoms with E-state index in [2.05, 4.69) is 0 Å². The van der Waals surface area contributed by atoms with Crippen LogP contribution in [0.25, 0.3) is 0 Å². The minimum absolute atomic E-state index is 0.171. The minimum atomic E-state index is -4.37. The van der Waals surface area contributed by atoms with Gasteiger partial charge in [0, 0.05) is 0 Å². The van der Waals surface area contributed by atoms with Crippen LogP contribution < -0.4 is 0 Å². The molecular weight excluding hydrogens is 215 g/mol. The summed E-state index contributed by atoms with van der Waals surface area (Å²) in [5.74, 6) is 0. The Kier molecular flexibility index (Phi) is 3.00. The maximum Gasteiger partial charge on any atom is 0.416 e. The molecule has 1 aromatic carbocycles. The van der Waals surface area contributed by atoms with Crippen molar-refractivity contribution in [3.05, 3.63) is 34.9 Å². The third-order valence-electron chi connectivity index (χ3n) is 2.54. The first kappa shape index (κ1) is 12.6. The van der Waals surface area contributed by atoms with Gasteiger partial charge in [0.1, 0.15) is 0 Å². The second kappa shape index (κ2) is 3.82. The van der Waals surface area contributed by atoms with Gasteiger partial charge in [0.15, 0.2) is 0 Å². The Labute approximate surface area is 92.5 Å². The van der Waals surface area contributed by atoms with Crippen molar-refractivity contribution < 1.29 is 13.2 Å². The number of aryl methyl sites for hydroxylation is 1. The molecular formula is C12H12F3N. The van der Waals surface area contributed by atoms with Crippen LogP contribution in [0.4, 0.5) is 13.2 Å². The zero-order chi connectivity index (χ0) is 12.6. The molecule has 0 aliphatic rings. The molecule has 0 aliphatic carbocycles. The highest BCUT2D eigenvalue weighted by Gasteiger charge is 2.34. The zero-order valence-corrected chi connectivity index (χ0v) is 9.31. The lowest BCUT2D eigenvalue weighted by Gasteiger charge is -2.19. The predicted octanol–water partition coefficient (Wildman–Crippen LogP) is 3.82. The van der Waals surface area contributed by atoms with Gasteiger partial charge >= 0.3 is 6.18 Å². The largest absolute Gasteiger partial charge is 0.416 e. The van der Waals surface area contributed by atoms with Gasteiger partial charge in [-0.25, -0.2) is 0 Å². The molecule has 0 N–H and O–H groups in total. The minimum Gasteiger partial charge on any atom is -0.197 e. The smallest absolute Gasteiger partial charge is 0.197 e. The molecule has 0 saturated heterocycles. The Bertz CT molecular complexity index is 439. The number of rotatable bonds is 1. The van der Waals surface area contributed by atoms with Crippen LogP contribution in [0.1, 0.15) is 30.5 Å². The summed E-state index contributed by atoms with van der Waals surface area (Å²) in [6, 6.07) is 6.01. The average Bonchev–Trinajstić information content (AvgIpc) is 2.16. The molecule has 0 radical (unpaired) electrons. The summed E-state index contributed by atoms with van der Waals surface area (Å²) < 4.78 is 37.9. The van der Waals surface area contributed by atoms with E-state index < -0.39 is 17.2 Å². The van der Waals surface area contributed by atoms with E-state index in [9.17, 15) is 13.2 Å². The van der Waals surface area contributed by atoms with Gasteiger partial charge in [-0.15, -0.1) is 0 Å². The van der Waals surface area contributed by atoms with Crippen molar-refractivity contribution in [1.29, 1.82) is 5.26 Å². The third-order valence-corrected chi connectivity index (χ3v) is 2.54. The number of hydrogen-bond donors (Lipinski definition) is 0. The highest BCUT2D eigenvalue weighted by molar-refractivity contribution is 5.39. The highest BCUT2D eigenvalue weighted by Crippen LogP contribution is 2.34. The van der Waals surface area contributed by atoms with Crippen molar-refractivity contribution in [2.45, 2.75) is 32.4 Å². The van der Waals surface area contributed by atoms with E-state index in [1.165, 1.54) is 13.0 Å². The Morgan fingerprint density at radius 1 is 1.19 bits per heavy atom. The summed E-state index contributed by atoms with van der Waals surface area (Å²) in [7, 11) is 0. The number of alkyl halides is 3. The molecule has 0 unspecified atom stereocenters. The van der Waals surface area contributed by atoms with E-state index in [-0.39, 0.29) is 5.56 Å². The van der Waals surface area contributed by atoms with E-state index in [4.69, 9.17) is 5.26 Å². The first-order valence-electron chi connectivity index (χ1n) is 4.78. The van der Waals surface area contributed by atoms with Gasteiger partial charge in [0.2, 0.25) is 0 Å². The SMILES string of the molecule is Cc1ccc(C(C)(C)C#N)cc1C(F)(F)F. The van der Waals surface area contributed by atoms with E-state index >= 15 is 0 Å². The zero-order valence-electron chi connectivity index (χ0n) is 9.31. The van der Waals surface area contributed by atoms with Crippen LogP contribution in [0, 0.1) is 18.3 Å².